The van der Waals surface area contributed by atoms with Crippen LogP contribution in [0.25, 0.3) is 10.1 Å². The number of benzene rings is 2. The van der Waals surface area contributed by atoms with Gasteiger partial charge in [-0.15, -0.1) is 11.3 Å². The van der Waals surface area contributed by atoms with Crippen molar-refractivity contribution in [1.82, 2.24) is 0 Å². The number of ketones is 1. The van der Waals surface area contributed by atoms with Crippen molar-refractivity contribution in [3.05, 3.63) is 68.5 Å². The highest BCUT2D eigenvalue weighted by atomic mass is 35.5. The van der Waals surface area contributed by atoms with Crippen molar-refractivity contribution in [2.45, 2.75) is 26.4 Å². The third kappa shape index (κ3) is 3.78. The first-order chi connectivity index (χ1) is 12.4. The summed E-state index contributed by atoms with van der Waals surface area (Å²) in [5.74, 6) is -0.861. The first-order valence-corrected chi connectivity index (χ1v) is 9.69. The maximum Gasteiger partial charge on any atom is 0.350 e. The minimum Gasteiger partial charge on any atom is -0.450 e. The molecule has 0 radical (unpaired) electrons. The maximum absolute atomic E-state index is 12.5. The van der Waals surface area contributed by atoms with Crippen molar-refractivity contribution < 1.29 is 14.3 Å². The molecular weight excluding hydrogens is 391 g/mol. The summed E-state index contributed by atoms with van der Waals surface area (Å²) in [5, 5.41) is 1.62. The SMILES string of the molecule is CCc1ccc(C(=O)[C@H](C)OC(=O)c2sc3cc(Cl)ccc3c2Cl)cc1. The van der Waals surface area contributed by atoms with E-state index in [9.17, 15) is 9.59 Å². The molecule has 3 aromatic rings. The van der Waals surface area contributed by atoms with E-state index in [4.69, 9.17) is 27.9 Å². The highest BCUT2D eigenvalue weighted by Gasteiger charge is 2.24. The van der Waals surface area contributed by atoms with Crippen molar-refractivity contribution in [2.75, 3.05) is 0 Å². The van der Waals surface area contributed by atoms with Gasteiger partial charge in [-0.3, -0.25) is 4.79 Å². The molecule has 0 N–H and O–H groups in total. The van der Waals surface area contributed by atoms with E-state index in [1.807, 2.05) is 19.1 Å². The Bertz CT molecular complexity index is 977. The monoisotopic (exact) mass is 406 g/mol. The van der Waals surface area contributed by atoms with Gasteiger partial charge in [-0.05, 0) is 31.0 Å². The second kappa shape index (κ2) is 7.78. The largest absolute Gasteiger partial charge is 0.450 e. The molecule has 26 heavy (non-hydrogen) atoms. The van der Waals surface area contributed by atoms with Crippen LogP contribution >= 0.6 is 34.5 Å². The third-order valence-corrected chi connectivity index (χ3v) is 5.95. The normalized spacial score (nSPS) is 12.2. The highest BCUT2D eigenvalue weighted by Crippen LogP contribution is 2.37. The Morgan fingerprint density at radius 2 is 1.81 bits per heavy atom. The van der Waals surface area contributed by atoms with Crippen molar-refractivity contribution in [3.8, 4) is 0 Å². The van der Waals surface area contributed by atoms with E-state index >= 15 is 0 Å². The number of hydrogen-bond acceptors (Lipinski definition) is 4. The lowest BCUT2D eigenvalue weighted by atomic mass is 10.0. The average molecular weight is 407 g/mol. The van der Waals surface area contributed by atoms with E-state index in [0.29, 0.717) is 15.6 Å². The Kier molecular flexibility index (Phi) is 5.66. The molecule has 0 aliphatic heterocycles. The smallest absolute Gasteiger partial charge is 0.350 e. The van der Waals surface area contributed by atoms with Crippen molar-refractivity contribution in [2.24, 2.45) is 0 Å². The molecule has 0 amide bonds. The fourth-order valence-corrected chi connectivity index (χ4v) is 4.24. The summed E-state index contributed by atoms with van der Waals surface area (Å²) in [4.78, 5) is 25.2. The Morgan fingerprint density at radius 1 is 1.12 bits per heavy atom. The Hall–Kier alpha value is -1.88. The lowest BCUT2D eigenvalue weighted by Gasteiger charge is -2.12. The minimum atomic E-state index is -0.903. The minimum absolute atomic E-state index is 0.249. The van der Waals surface area contributed by atoms with Crippen molar-refractivity contribution in [1.29, 1.82) is 0 Å². The molecule has 0 aliphatic carbocycles. The summed E-state index contributed by atoms with van der Waals surface area (Å²) >= 11 is 13.5. The maximum atomic E-state index is 12.5. The number of carbonyl (C=O) groups excluding carboxylic acids is 2. The van der Waals surface area contributed by atoms with Gasteiger partial charge in [0.1, 0.15) is 4.88 Å². The highest BCUT2D eigenvalue weighted by molar-refractivity contribution is 7.21. The Balaban J connectivity index is 1.78. The van der Waals surface area contributed by atoms with E-state index < -0.39 is 12.1 Å². The van der Waals surface area contributed by atoms with Crippen LogP contribution in [0.1, 0.15) is 39.4 Å². The van der Waals surface area contributed by atoms with E-state index in [1.165, 1.54) is 11.3 Å². The van der Waals surface area contributed by atoms with Gasteiger partial charge >= 0.3 is 5.97 Å². The van der Waals surface area contributed by atoms with Crippen LogP contribution in [0, 0.1) is 0 Å². The van der Waals surface area contributed by atoms with Gasteiger partial charge in [-0.1, -0.05) is 60.5 Å². The first kappa shape index (κ1) is 18.9. The number of Topliss-reactive ketones (excluding diaryl/α,β-unsaturated/α-hetero) is 1. The number of esters is 1. The Labute approximate surface area is 165 Å². The molecule has 1 heterocycles. The number of carbonyl (C=O) groups is 2. The summed E-state index contributed by atoms with van der Waals surface area (Å²) in [6.07, 6.45) is -0.00663. The lowest BCUT2D eigenvalue weighted by Crippen LogP contribution is -2.24. The van der Waals surface area contributed by atoms with E-state index in [2.05, 4.69) is 0 Å². The number of fused-ring (bicyclic) bond motifs is 1. The fraction of sp³-hybridized carbons (Fsp3) is 0.200. The number of thiophene rings is 1. The molecule has 0 bridgehead atoms. The molecule has 1 aromatic heterocycles. The van der Waals surface area contributed by atoms with E-state index in [1.54, 1.807) is 37.3 Å². The molecule has 0 spiro atoms. The molecule has 0 aliphatic rings. The van der Waals surface area contributed by atoms with Gasteiger partial charge in [0, 0.05) is 20.7 Å². The van der Waals surface area contributed by atoms with Crippen LogP contribution < -0.4 is 0 Å². The van der Waals surface area contributed by atoms with Crippen LogP contribution in [0.4, 0.5) is 0 Å². The molecule has 1 atom stereocenters. The topological polar surface area (TPSA) is 43.4 Å². The first-order valence-electron chi connectivity index (χ1n) is 8.12. The predicted molar refractivity (Wildman–Crippen MR) is 107 cm³/mol. The molecule has 6 heteroatoms. The van der Waals surface area contributed by atoms with Gasteiger partial charge in [0.25, 0.3) is 0 Å². The van der Waals surface area contributed by atoms with Gasteiger partial charge < -0.3 is 4.74 Å². The second-order valence-electron chi connectivity index (χ2n) is 5.85. The summed E-state index contributed by atoms with van der Waals surface area (Å²) in [7, 11) is 0. The number of ether oxygens (including phenoxy) is 1. The van der Waals surface area contributed by atoms with Crippen LogP contribution in [0.5, 0.6) is 0 Å². The zero-order valence-corrected chi connectivity index (χ0v) is 16.5. The second-order valence-corrected chi connectivity index (χ2v) is 7.71. The van der Waals surface area contributed by atoms with E-state index in [-0.39, 0.29) is 10.7 Å². The number of aryl methyl sites for hydroxylation is 1. The molecule has 0 fully saturated rings. The van der Waals surface area contributed by atoms with Gasteiger partial charge in [0.2, 0.25) is 5.78 Å². The molecule has 0 saturated carbocycles. The van der Waals surface area contributed by atoms with E-state index in [0.717, 1.165) is 22.1 Å². The zero-order valence-electron chi connectivity index (χ0n) is 14.2. The summed E-state index contributed by atoms with van der Waals surface area (Å²) in [6.45, 7) is 3.61. The fourth-order valence-electron chi connectivity index (χ4n) is 2.58. The van der Waals surface area contributed by atoms with Crippen LogP contribution in [0.15, 0.2) is 42.5 Å². The van der Waals surface area contributed by atoms with Crippen LogP contribution in [-0.4, -0.2) is 17.9 Å². The van der Waals surface area contributed by atoms with Gasteiger partial charge in [0.05, 0.1) is 5.02 Å². The van der Waals surface area contributed by atoms with Gasteiger partial charge in [0.15, 0.2) is 6.10 Å². The molecule has 2 aromatic carbocycles. The number of hydrogen-bond donors (Lipinski definition) is 0. The average Bonchev–Trinajstić information content (AvgIpc) is 2.97. The van der Waals surface area contributed by atoms with Crippen molar-refractivity contribution >= 4 is 56.4 Å². The lowest BCUT2D eigenvalue weighted by molar-refractivity contribution is 0.0324. The third-order valence-electron chi connectivity index (χ3n) is 4.08. The number of rotatable bonds is 5. The molecule has 0 saturated heterocycles. The summed E-state index contributed by atoms with van der Waals surface area (Å²) in [5.41, 5.74) is 1.65. The molecule has 134 valence electrons. The van der Waals surface area contributed by atoms with Crippen LogP contribution in [0.2, 0.25) is 10.0 Å². The van der Waals surface area contributed by atoms with Crippen LogP contribution in [-0.2, 0) is 11.2 Å². The summed E-state index contributed by atoms with van der Waals surface area (Å²) < 4.78 is 6.15. The standard InChI is InChI=1S/C20H16Cl2O3S/c1-3-12-4-6-13(7-5-12)18(23)11(2)25-20(24)19-17(22)15-9-8-14(21)10-16(15)26-19/h4-11H,3H2,1-2H3/t11-/m0/s1. The predicted octanol–water partition coefficient (Wildman–Crippen LogP) is 6.20. The summed E-state index contributed by atoms with van der Waals surface area (Å²) in [6, 6.07) is 12.5. The van der Waals surface area contributed by atoms with Crippen LogP contribution in [0.3, 0.4) is 0 Å². The molecular formula is C20H16Cl2O3S. The van der Waals surface area contributed by atoms with Crippen molar-refractivity contribution in [3.63, 3.8) is 0 Å². The molecule has 3 rings (SSSR count). The van der Waals surface area contributed by atoms with Gasteiger partial charge in [-0.25, -0.2) is 4.79 Å². The zero-order chi connectivity index (χ0) is 18.8. The number of halogens is 2. The quantitative estimate of drug-likeness (QED) is 0.374. The molecule has 0 unspecified atom stereocenters. The van der Waals surface area contributed by atoms with Gasteiger partial charge in [-0.2, -0.15) is 0 Å². The Morgan fingerprint density at radius 3 is 2.46 bits per heavy atom. The molecule has 3 nitrogen and oxygen atoms in total.